The monoisotopic (exact) mass is 375 g/mol. The molecule has 1 nitrogen and oxygen atoms in total. The first-order valence-electron chi connectivity index (χ1n) is 9.00. The Hall–Kier alpha value is -2.74. The zero-order chi connectivity index (χ0) is 19.2. The van der Waals surface area contributed by atoms with Gasteiger partial charge in [-0.15, -0.1) is 12.3 Å². The zero-order valence-corrected chi connectivity index (χ0v) is 16.1. The molecular weight excluding hydrogens is 353 g/mol. The molecule has 136 valence electrons. The van der Waals surface area contributed by atoms with Crippen molar-refractivity contribution >= 4 is 23.3 Å². The first-order valence-corrected chi connectivity index (χ1v) is 9.41. The highest BCUT2D eigenvalue weighted by atomic mass is 32.1. The topological polar surface area (TPSA) is 3.24 Å². The summed E-state index contributed by atoms with van der Waals surface area (Å²) in [5.74, 6) is -0.227. The lowest BCUT2D eigenvalue weighted by atomic mass is 9.99. The lowest BCUT2D eigenvalue weighted by Crippen LogP contribution is -2.27. The molecular formula is C24H22FNS. The van der Waals surface area contributed by atoms with E-state index >= 15 is 0 Å². The molecule has 3 rings (SSSR count). The fourth-order valence-electron chi connectivity index (χ4n) is 3.30. The smallest absolute Gasteiger partial charge is 0.123 e. The number of benzene rings is 2. The van der Waals surface area contributed by atoms with Crippen LogP contribution in [0, 0.1) is 5.82 Å². The number of hydrogen-bond acceptors (Lipinski definition) is 1. The highest BCUT2D eigenvalue weighted by molar-refractivity contribution is 7.80. The highest BCUT2D eigenvalue weighted by Gasteiger charge is 2.20. The first kappa shape index (κ1) is 19.0. The van der Waals surface area contributed by atoms with Crippen molar-refractivity contribution < 1.29 is 4.39 Å². The molecule has 0 spiro atoms. The molecule has 0 aliphatic carbocycles. The molecule has 2 aromatic rings. The van der Waals surface area contributed by atoms with Gasteiger partial charge in [0.05, 0.1) is 10.7 Å². The van der Waals surface area contributed by atoms with E-state index in [-0.39, 0.29) is 5.82 Å². The van der Waals surface area contributed by atoms with Crippen LogP contribution in [0.5, 0.6) is 0 Å². The van der Waals surface area contributed by atoms with Gasteiger partial charge in [-0.3, -0.25) is 0 Å². The minimum Gasteiger partial charge on any atom is -0.326 e. The fourth-order valence-corrected chi connectivity index (χ4v) is 3.61. The van der Waals surface area contributed by atoms with Crippen molar-refractivity contribution in [2.45, 2.75) is 19.3 Å². The highest BCUT2D eigenvalue weighted by Crippen LogP contribution is 2.29. The summed E-state index contributed by atoms with van der Waals surface area (Å²) in [6.45, 7) is 8.38. The molecule has 0 amide bonds. The van der Waals surface area contributed by atoms with Crippen LogP contribution >= 0.6 is 12.2 Å². The molecule has 0 atom stereocenters. The Morgan fingerprint density at radius 3 is 2.59 bits per heavy atom. The summed E-state index contributed by atoms with van der Waals surface area (Å²) >= 11 is 5.57. The maximum atomic E-state index is 13.2. The van der Waals surface area contributed by atoms with E-state index in [9.17, 15) is 4.39 Å². The molecule has 0 saturated carbocycles. The van der Waals surface area contributed by atoms with E-state index in [0.29, 0.717) is 6.54 Å². The minimum absolute atomic E-state index is 0.227. The molecule has 0 unspecified atom stereocenters. The van der Waals surface area contributed by atoms with Crippen molar-refractivity contribution in [1.82, 2.24) is 4.90 Å². The second-order valence-corrected chi connectivity index (χ2v) is 6.95. The zero-order valence-electron chi connectivity index (χ0n) is 15.2. The molecule has 3 heteroatoms. The van der Waals surface area contributed by atoms with Gasteiger partial charge in [0.1, 0.15) is 5.82 Å². The van der Waals surface area contributed by atoms with Gasteiger partial charge >= 0.3 is 0 Å². The summed E-state index contributed by atoms with van der Waals surface area (Å²) in [6.07, 6.45) is 6.82. The Labute approximate surface area is 165 Å². The Morgan fingerprint density at radius 2 is 1.89 bits per heavy atom. The average Bonchev–Trinajstić information content (AvgIpc) is 2.82. The van der Waals surface area contributed by atoms with E-state index in [4.69, 9.17) is 12.2 Å². The summed E-state index contributed by atoms with van der Waals surface area (Å²) in [5.41, 5.74) is 8.32. The third-order valence-electron chi connectivity index (χ3n) is 4.60. The third-order valence-corrected chi connectivity index (χ3v) is 5.02. The molecule has 1 aliphatic heterocycles. The lowest BCUT2D eigenvalue weighted by molar-refractivity contribution is 0.588. The summed E-state index contributed by atoms with van der Waals surface area (Å²) < 4.78 is 13.2. The Bertz CT molecular complexity index is 933. The van der Waals surface area contributed by atoms with Crippen molar-refractivity contribution in [3.63, 3.8) is 0 Å². The van der Waals surface area contributed by atoms with Crippen molar-refractivity contribution in [1.29, 1.82) is 0 Å². The van der Waals surface area contributed by atoms with Crippen LogP contribution < -0.4 is 0 Å². The van der Waals surface area contributed by atoms with Crippen LogP contribution in [-0.2, 0) is 0 Å². The van der Waals surface area contributed by atoms with Gasteiger partial charge in [0, 0.05) is 6.54 Å². The van der Waals surface area contributed by atoms with Gasteiger partial charge in [-0.1, -0.05) is 55.2 Å². The maximum Gasteiger partial charge on any atom is 0.123 e. The lowest BCUT2D eigenvalue weighted by Gasteiger charge is -2.24. The van der Waals surface area contributed by atoms with Gasteiger partial charge in [0.15, 0.2) is 0 Å². The van der Waals surface area contributed by atoms with Gasteiger partial charge in [-0.25, -0.2) is 4.39 Å². The Balaban J connectivity index is 1.98. The van der Waals surface area contributed by atoms with Crippen LogP contribution in [0.25, 0.3) is 17.2 Å². The van der Waals surface area contributed by atoms with E-state index in [1.54, 1.807) is 12.1 Å². The number of hydrogen-bond donors (Lipinski definition) is 0. The quantitative estimate of drug-likeness (QED) is 0.339. The SMILES string of the molecule is C=C=C1/C(=C/c2cccc(-c3ccc(F)cc3)c2)CCCC(=S)N1CC=C. The molecule has 0 N–H and O–H groups in total. The number of rotatable bonds is 4. The predicted octanol–water partition coefficient (Wildman–Crippen LogP) is 6.54. The number of nitrogens with zero attached hydrogens (tertiary/aromatic N) is 1. The molecule has 1 aliphatic rings. The maximum absolute atomic E-state index is 13.2. The van der Waals surface area contributed by atoms with Crippen molar-refractivity contribution in [2.75, 3.05) is 6.54 Å². The van der Waals surface area contributed by atoms with E-state index < -0.39 is 0 Å². The minimum atomic E-state index is -0.227. The average molecular weight is 376 g/mol. The van der Waals surface area contributed by atoms with Crippen molar-refractivity contribution in [3.05, 3.63) is 96.1 Å². The molecule has 1 heterocycles. The summed E-state index contributed by atoms with van der Waals surface area (Å²) in [5, 5.41) is 0. The van der Waals surface area contributed by atoms with Crippen LogP contribution in [0.2, 0.25) is 0 Å². The van der Waals surface area contributed by atoms with Crippen LogP contribution in [0.4, 0.5) is 4.39 Å². The van der Waals surface area contributed by atoms with Gasteiger partial charge in [0.25, 0.3) is 0 Å². The molecule has 0 radical (unpaired) electrons. The summed E-state index contributed by atoms with van der Waals surface area (Å²) in [6, 6.07) is 14.8. The Morgan fingerprint density at radius 1 is 1.11 bits per heavy atom. The molecule has 1 saturated heterocycles. The number of allylic oxidation sites excluding steroid dienone is 1. The van der Waals surface area contributed by atoms with Gasteiger partial charge in [-0.05, 0) is 65.8 Å². The number of thiocarbonyl (C=S) groups is 1. The standard InChI is InChI=1S/C24H22FNS/c1-3-15-26-23(4-2)21(9-6-10-24(26)27)17-18-7-5-8-20(16-18)19-11-13-22(25)14-12-19/h3,5,7-8,11-14,16-17H,1-2,6,9-10,15H2/b21-17+. The number of likely N-dealkylation sites (tertiary alicyclic amines) is 1. The summed E-state index contributed by atoms with van der Waals surface area (Å²) in [7, 11) is 0. The Kier molecular flexibility index (Phi) is 6.18. The predicted molar refractivity (Wildman–Crippen MR) is 116 cm³/mol. The van der Waals surface area contributed by atoms with Crippen LogP contribution in [0.15, 0.2) is 84.8 Å². The molecule has 27 heavy (non-hydrogen) atoms. The molecule has 2 aromatic carbocycles. The van der Waals surface area contributed by atoms with E-state index in [2.05, 4.69) is 42.0 Å². The van der Waals surface area contributed by atoms with Crippen LogP contribution in [-0.4, -0.2) is 16.4 Å². The van der Waals surface area contributed by atoms with Gasteiger partial charge in [0.2, 0.25) is 0 Å². The van der Waals surface area contributed by atoms with E-state index in [0.717, 1.165) is 46.6 Å². The van der Waals surface area contributed by atoms with Crippen molar-refractivity contribution in [3.8, 4) is 11.1 Å². The second kappa shape index (κ2) is 8.77. The molecule has 0 aromatic heterocycles. The fraction of sp³-hybridized carbons (Fsp3) is 0.167. The number of halogens is 1. The first-order chi connectivity index (χ1) is 13.1. The molecule has 0 bridgehead atoms. The largest absolute Gasteiger partial charge is 0.326 e. The van der Waals surface area contributed by atoms with Crippen molar-refractivity contribution in [2.24, 2.45) is 0 Å². The normalized spacial score (nSPS) is 16.2. The molecule has 1 fully saturated rings. The van der Waals surface area contributed by atoms with Crippen LogP contribution in [0.3, 0.4) is 0 Å². The van der Waals surface area contributed by atoms with Gasteiger partial charge < -0.3 is 4.90 Å². The van der Waals surface area contributed by atoms with Crippen LogP contribution in [0.1, 0.15) is 24.8 Å². The van der Waals surface area contributed by atoms with E-state index in [1.807, 2.05) is 18.2 Å². The second-order valence-electron chi connectivity index (χ2n) is 6.47. The van der Waals surface area contributed by atoms with Gasteiger partial charge in [-0.2, -0.15) is 0 Å². The third kappa shape index (κ3) is 4.51. The van der Waals surface area contributed by atoms with E-state index in [1.165, 1.54) is 17.7 Å². The summed E-state index contributed by atoms with van der Waals surface area (Å²) in [4.78, 5) is 2.97.